The van der Waals surface area contributed by atoms with E-state index in [4.69, 9.17) is 9.68 Å². The molecular formula is C15H10N4O2S. The number of hydrogen-bond acceptors (Lipinski definition) is 6. The number of anilines is 1. The molecule has 7 heteroatoms. The highest BCUT2D eigenvalue weighted by molar-refractivity contribution is 8.04. The molecule has 0 fully saturated rings. The summed E-state index contributed by atoms with van der Waals surface area (Å²) in [5.41, 5.74) is 2.51. The van der Waals surface area contributed by atoms with Gasteiger partial charge >= 0.3 is 0 Å². The van der Waals surface area contributed by atoms with Gasteiger partial charge in [0.2, 0.25) is 11.8 Å². The Hall–Kier alpha value is -2.85. The van der Waals surface area contributed by atoms with Crippen molar-refractivity contribution in [1.29, 1.82) is 5.26 Å². The van der Waals surface area contributed by atoms with Crippen LogP contribution in [0.25, 0.3) is 22.7 Å². The lowest BCUT2D eigenvalue weighted by atomic mass is 10.2. The highest BCUT2D eigenvalue weighted by Crippen LogP contribution is 2.25. The molecule has 0 aliphatic heterocycles. The first kappa shape index (κ1) is 14.1. The lowest BCUT2D eigenvalue weighted by Crippen LogP contribution is -2.13. The van der Waals surface area contributed by atoms with Gasteiger partial charge in [-0.25, -0.2) is 4.98 Å². The number of carbonyl (C=O) groups excluding carboxylic acids is 1. The van der Waals surface area contributed by atoms with Crippen LogP contribution in [0.5, 0.6) is 0 Å². The maximum absolute atomic E-state index is 11.6. The maximum atomic E-state index is 11.6. The Bertz CT molecular complexity index is 836. The summed E-state index contributed by atoms with van der Waals surface area (Å²) in [7, 11) is 0. The molecule has 0 spiro atoms. The summed E-state index contributed by atoms with van der Waals surface area (Å²) < 4.78 is 5.65. The molecule has 0 bridgehead atoms. The number of hydrogen-bond donors (Lipinski definition) is 1. The van der Waals surface area contributed by atoms with Crippen LogP contribution in [0.4, 0.5) is 5.69 Å². The predicted molar refractivity (Wildman–Crippen MR) is 83.9 cm³/mol. The van der Waals surface area contributed by atoms with Crippen LogP contribution in [0.3, 0.4) is 0 Å². The number of oxazole rings is 1. The summed E-state index contributed by atoms with van der Waals surface area (Å²) >= 11 is 0.893. The van der Waals surface area contributed by atoms with Gasteiger partial charge in [0.05, 0.1) is 5.75 Å². The molecule has 0 unspecified atom stereocenters. The number of pyridine rings is 1. The zero-order chi connectivity index (χ0) is 15.4. The first-order valence-electron chi connectivity index (χ1n) is 6.39. The van der Waals surface area contributed by atoms with Gasteiger partial charge in [-0.05, 0) is 42.1 Å². The zero-order valence-corrected chi connectivity index (χ0v) is 12.1. The lowest BCUT2D eigenvalue weighted by Gasteiger charge is -2.04. The average Bonchev–Trinajstić information content (AvgIpc) is 2.97. The minimum Gasteiger partial charge on any atom is -0.434 e. The van der Waals surface area contributed by atoms with Crippen LogP contribution in [0.15, 0.2) is 47.0 Å². The first-order chi connectivity index (χ1) is 10.8. The van der Waals surface area contributed by atoms with Gasteiger partial charge in [0.15, 0.2) is 11.2 Å². The third-order valence-corrected chi connectivity index (χ3v) is 3.36. The number of rotatable bonds is 4. The highest BCUT2D eigenvalue weighted by Gasteiger charge is 2.10. The molecule has 0 atom stereocenters. The predicted octanol–water partition coefficient (Wildman–Crippen LogP) is 3.04. The van der Waals surface area contributed by atoms with Gasteiger partial charge in [0, 0.05) is 17.4 Å². The summed E-state index contributed by atoms with van der Waals surface area (Å²) in [6.07, 6.45) is 1.65. The molecule has 0 radical (unpaired) electrons. The molecule has 3 aromatic rings. The molecule has 2 aromatic heterocycles. The number of nitriles is 1. The Kier molecular flexibility index (Phi) is 4.03. The number of thioether (sulfide) groups is 1. The molecule has 3 rings (SSSR count). The van der Waals surface area contributed by atoms with E-state index in [9.17, 15) is 4.79 Å². The minimum atomic E-state index is -0.233. The third kappa shape index (κ3) is 3.07. The fraction of sp³-hybridized carbons (Fsp3) is 0.0667. The highest BCUT2D eigenvalue weighted by atomic mass is 32.2. The molecule has 0 saturated carbocycles. The van der Waals surface area contributed by atoms with E-state index in [0.717, 1.165) is 17.3 Å². The average molecular weight is 310 g/mol. The van der Waals surface area contributed by atoms with Crippen LogP contribution in [0.1, 0.15) is 0 Å². The van der Waals surface area contributed by atoms with Crippen molar-refractivity contribution in [2.75, 3.05) is 11.1 Å². The summed E-state index contributed by atoms with van der Waals surface area (Å²) in [6, 6.07) is 10.7. The summed E-state index contributed by atoms with van der Waals surface area (Å²) in [5, 5.41) is 13.0. The first-order valence-corrected chi connectivity index (χ1v) is 7.37. The largest absolute Gasteiger partial charge is 0.434 e. The van der Waals surface area contributed by atoms with Crippen LogP contribution >= 0.6 is 11.8 Å². The van der Waals surface area contributed by atoms with Gasteiger partial charge in [-0.3, -0.25) is 4.79 Å². The second-order valence-corrected chi connectivity index (χ2v) is 5.11. The number of nitrogens with zero attached hydrogens (tertiary/aromatic N) is 3. The second kappa shape index (κ2) is 6.28. The normalized spacial score (nSPS) is 10.3. The Morgan fingerprint density at radius 3 is 3.09 bits per heavy atom. The number of nitrogens with one attached hydrogen (secondary N) is 1. The summed E-state index contributed by atoms with van der Waals surface area (Å²) in [5.74, 6) is 0.298. The number of carbonyl (C=O) groups is 1. The second-order valence-electron chi connectivity index (χ2n) is 4.35. The van der Waals surface area contributed by atoms with E-state index in [1.54, 1.807) is 36.5 Å². The van der Waals surface area contributed by atoms with E-state index in [1.807, 2.05) is 11.5 Å². The van der Waals surface area contributed by atoms with E-state index in [1.165, 1.54) is 0 Å². The minimum absolute atomic E-state index is 0.0908. The Morgan fingerprint density at radius 2 is 2.27 bits per heavy atom. The molecule has 0 aliphatic carbocycles. The van der Waals surface area contributed by atoms with E-state index in [2.05, 4.69) is 15.3 Å². The van der Waals surface area contributed by atoms with Crippen molar-refractivity contribution in [3.63, 3.8) is 0 Å². The quantitative estimate of drug-likeness (QED) is 0.745. The van der Waals surface area contributed by atoms with E-state index < -0.39 is 0 Å². The van der Waals surface area contributed by atoms with Crippen molar-refractivity contribution in [2.45, 2.75) is 0 Å². The standard InChI is InChI=1S/C15H10N4O2S/c16-9-22-8-13(20)18-11-4-1-3-10(7-11)15-19-14-12(21-15)5-2-6-17-14/h1-7H,8H2,(H,18,20). The number of benzene rings is 1. The fourth-order valence-electron chi connectivity index (χ4n) is 1.92. The van der Waals surface area contributed by atoms with Gasteiger partial charge in [0.25, 0.3) is 0 Å². The fourth-order valence-corrected chi connectivity index (χ4v) is 2.19. The van der Waals surface area contributed by atoms with Crippen molar-refractivity contribution in [1.82, 2.24) is 9.97 Å². The van der Waals surface area contributed by atoms with E-state index >= 15 is 0 Å². The van der Waals surface area contributed by atoms with Crippen LogP contribution in [-0.4, -0.2) is 21.6 Å². The molecule has 0 aliphatic rings. The molecule has 0 saturated heterocycles. The smallest absolute Gasteiger partial charge is 0.235 e. The van der Waals surface area contributed by atoms with Crippen molar-refractivity contribution in [2.24, 2.45) is 0 Å². The molecule has 6 nitrogen and oxygen atoms in total. The summed E-state index contributed by atoms with van der Waals surface area (Å²) in [4.78, 5) is 20.1. The Morgan fingerprint density at radius 1 is 1.36 bits per heavy atom. The maximum Gasteiger partial charge on any atom is 0.235 e. The molecule has 22 heavy (non-hydrogen) atoms. The molecule has 1 amide bonds. The molecule has 1 N–H and O–H groups in total. The zero-order valence-electron chi connectivity index (χ0n) is 11.3. The van der Waals surface area contributed by atoms with Crippen LogP contribution in [-0.2, 0) is 4.79 Å². The number of fused-ring (bicyclic) bond motifs is 1. The third-order valence-electron chi connectivity index (χ3n) is 2.83. The number of amides is 1. The Balaban J connectivity index is 1.84. The summed E-state index contributed by atoms with van der Waals surface area (Å²) in [6.45, 7) is 0. The van der Waals surface area contributed by atoms with Gasteiger partial charge in [-0.15, -0.1) is 0 Å². The van der Waals surface area contributed by atoms with Gasteiger partial charge in [-0.2, -0.15) is 10.2 Å². The van der Waals surface area contributed by atoms with Crippen molar-refractivity contribution in [3.05, 3.63) is 42.6 Å². The lowest BCUT2D eigenvalue weighted by molar-refractivity contribution is -0.113. The van der Waals surface area contributed by atoms with Crippen molar-refractivity contribution < 1.29 is 9.21 Å². The number of thiocyanates is 1. The van der Waals surface area contributed by atoms with Crippen molar-refractivity contribution in [3.8, 4) is 16.9 Å². The molecule has 2 heterocycles. The topological polar surface area (TPSA) is 91.8 Å². The number of aromatic nitrogens is 2. The van der Waals surface area contributed by atoms with Gasteiger partial charge in [-0.1, -0.05) is 6.07 Å². The SMILES string of the molecule is N#CSCC(=O)Nc1cccc(-c2nc3ncccc3o2)c1. The van der Waals surface area contributed by atoms with Gasteiger partial charge < -0.3 is 9.73 Å². The monoisotopic (exact) mass is 310 g/mol. The van der Waals surface area contributed by atoms with Gasteiger partial charge in [0.1, 0.15) is 5.40 Å². The molecule has 108 valence electrons. The van der Waals surface area contributed by atoms with Crippen LogP contribution in [0.2, 0.25) is 0 Å². The van der Waals surface area contributed by atoms with E-state index in [-0.39, 0.29) is 11.7 Å². The Labute approximate surface area is 130 Å². The van der Waals surface area contributed by atoms with E-state index in [0.29, 0.717) is 22.8 Å². The molecule has 1 aromatic carbocycles. The molecular weight excluding hydrogens is 300 g/mol. The van der Waals surface area contributed by atoms with Crippen molar-refractivity contribution >= 4 is 34.6 Å². The van der Waals surface area contributed by atoms with Crippen LogP contribution in [0, 0.1) is 10.7 Å². The van der Waals surface area contributed by atoms with Crippen LogP contribution < -0.4 is 5.32 Å².